The van der Waals surface area contributed by atoms with E-state index in [1.807, 2.05) is 6.92 Å². The second-order valence-electron chi connectivity index (χ2n) is 2.70. The minimum Gasteiger partial charge on any atom is -0.387 e. The lowest BCUT2D eigenvalue weighted by Gasteiger charge is -2.06. The standard InChI is InChI=1S/C8H12N4S/c1-6(7(9)10)5-13-8-11-3-2-4-12-8/h2-4,6H,5H2,1H3,(H3,9,10). The third kappa shape index (κ3) is 3.42. The molecule has 1 atom stereocenters. The molecular formula is C8H12N4S. The van der Waals surface area contributed by atoms with Crippen LogP contribution in [0.15, 0.2) is 23.6 Å². The molecule has 1 rings (SSSR count). The lowest BCUT2D eigenvalue weighted by Crippen LogP contribution is -2.21. The zero-order valence-corrected chi connectivity index (χ0v) is 8.21. The van der Waals surface area contributed by atoms with Crippen LogP contribution >= 0.6 is 11.8 Å². The first-order valence-corrected chi connectivity index (χ1v) is 4.92. The molecule has 1 aromatic heterocycles. The lowest BCUT2D eigenvalue weighted by atomic mass is 10.2. The van der Waals surface area contributed by atoms with E-state index >= 15 is 0 Å². The zero-order chi connectivity index (χ0) is 9.68. The second kappa shape index (κ2) is 4.81. The second-order valence-corrected chi connectivity index (χ2v) is 3.69. The molecule has 5 heteroatoms. The summed E-state index contributed by atoms with van der Waals surface area (Å²) >= 11 is 1.51. The van der Waals surface area contributed by atoms with Crippen LogP contribution in [0.3, 0.4) is 0 Å². The minimum atomic E-state index is 0.0776. The Morgan fingerprint density at radius 1 is 1.62 bits per heavy atom. The Bertz CT molecular complexity index is 275. The van der Waals surface area contributed by atoms with Crippen molar-refractivity contribution in [1.29, 1.82) is 5.41 Å². The number of nitrogens with zero attached hydrogens (tertiary/aromatic N) is 2. The molecule has 3 N–H and O–H groups in total. The number of hydrogen-bond acceptors (Lipinski definition) is 4. The van der Waals surface area contributed by atoms with Crippen LogP contribution in [-0.4, -0.2) is 21.6 Å². The van der Waals surface area contributed by atoms with E-state index in [1.54, 1.807) is 18.5 Å². The van der Waals surface area contributed by atoms with Gasteiger partial charge in [0.05, 0.1) is 5.84 Å². The van der Waals surface area contributed by atoms with Crippen LogP contribution in [0.4, 0.5) is 0 Å². The van der Waals surface area contributed by atoms with Gasteiger partial charge in [-0.05, 0) is 6.07 Å². The largest absolute Gasteiger partial charge is 0.387 e. The molecule has 0 fully saturated rings. The lowest BCUT2D eigenvalue weighted by molar-refractivity contribution is 0.870. The molecule has 1 heterocycles. The van der Waals surface area contributed by atoms with Gasteiger partial charge in [0.2, 0.25) is 0 Å². The summed E-state index contributed by atoms with van der Waals surface area (Å²) in [6.45, 7) is 1.91. The molecule has 13 heavy (non-hydrogen) atoms. The normalized spacial score (nSPS) is 12.4. The van der Waals surface area contributed by atoms with Gasteiger partial charge in [-0.1, -0.05) is 18.7 Å². The molecule has 1 aromatic rings. The van der Waals surface area contributed by atoms with Gasteiger partial charge >= 0.3 is 0 Å². The van der Waals surface area contributed by atoms with Gasteiger partial charge in [-0.3, -0.25) is 5.41 Å². The molecule has 0 amide bonds. The highest BCUT2D eigenvalue weighted by Gasteiger charge is 2.06. The molecule has 70 valence electrons. The van der Waals surface area contributed by atoms with Gasteiger partial charge in [-0.2, -0.15) is 0 Å². The summed E-state index contributed by atoms with van der Waals surface area (Å²) in [5.41, 5.74) is 5.33. The molecule has 0 bridgehead atoms. The summed E-state index contributed by atoms with van der Waals surface area (Å²) in [4.78, 5) is 8.10. The third-order valence-corrected chi connectivity index (χ3v) is 2.67. The summed E-state index contributed by atoms with van der Waals surface area (Å²) < 4.78 is 0. The number of rotatable bonds is 4. The van der Waals surface area contributed by atoms with E-state index in [1.165, 1.54) is 11.8 Å². The topological polar surface area (TPSA) is 75.7 Å². The molecule has 0 aliphatic heterocycles. The summed E-state index contributed by atoms with van der Waals surface area (Å²) in [5.74, 6) is 1.04. The number of amidine groups is 1. The Morgan fingerprint density at radius 2 is 2.23 bits per heavy atom. The number of nitrogens with two attached hydrogens (primary N) is 1. The van der Waals surface area contributed by atoms with Gasteiger partial charge in [0.15, 0.2) is 5.16 Å². The van der Waals surface area contributed by atoms with Crippen LogP contribution in [0, 0.1) is 11.3 Å². The molecule has 0 aliphatic rings. The Hall–Kier alpha value is -1.10. The molecule has 0 spiro atoms. The maximum atomic E-state index is 7.19. The quantitative estimate of drug-likeness (QED) is 0.328. The van der Waals surface area contributed by atoms with E-state index in [4.69, 9.17) is 11.1 Å². The van der Waals surface area contributed by atoms with E-state index in [0.717, 1.165) is 10.9 Å². The smallest absolute Gasteiger partial charge is 0.187 e. The monoisotopic (exact) mass is 196 g/mol. The van der Waals surface area contributed by atoms with Crippen molar-refractivity contribution in [3.05, 3.63) is 18.5 Å². The van der Waals surface area contributed by atoms with Gasteiger partial charge in [-0.15, -0.1) is 0 Å². The van der Waals surface area contributed by atoms with Crippen molar-refractivity contribution in [3.8, 4) is 0 Å². The average Bonchev–Trinajstić information content (AvgIpc) is 2.15. The van der Waals surface area contributed by atoms with Crippen molar-refractivity contribution in [1.82, 2.24) is 9.97 Å². The summed E-state index contributed by atoms with van der Waals surface area (Å²) in [7, 11) is 0. The van der Waals surface area contributed by atoms with Crippen molar-refractivity contribution in [2.24, 2.45) is 11.7 Å². The number of thioether (sulfide) groups is 1. The van der Waals surface area contributed by atoms with Crippen LogP contribution in [0.25, 0.3) is 0 Å². The van der Waals surface area contributed by atoms with Crippen LogP contribution in [0.1, 0.15) is 6.92 Å². The zero-order valence-electron chi connectivity index (χ0n) is 7.40. The van der Waals surface area contributed by atoms with E-state index in [-0.39, 0.29) is 11.8 Å². The summed E-state index contributed by atoms with van der Waals surface area (Å²) in [6.07, 6.45) is 3.40. The van der Waals surface area contributed by atoms with E-state index in [0.29, 0.717) is 0 Å². The van der Waals surface area contributed by atoms with Crippen LogP contribution < -0.4 is 5.73 Å². The highest BCUT2D eigenvalue weighted by molar-refractivity contribution is 7.99. The maximum absolute atomic E-state index is 7.19. The van der Waals surface area contributed by atoms with Crippen LogP contribution in [-0.2, 0) is 0 Å². The molecule has 0 saturated carbocycles. The van der Waals surface area contributed by atoms with Crippen molar-refractivity contribution >= 4 is 17.6 Å². The van der Waals surface area contributed by atoms with Gasteiger partial charge in [0, 0.05) is 24.1 Å². The van der Waals surface area contributed by atoms with Crippen molar-refractivity contribution in [2.75, 3.05) is 5.75 Å². The van der Waals surface area contributed by atoms with Crippen molar-refractivity contribution in [2.45, 2.75) is 12.1 Å². The third-order valence-electron chi connectivity index (χ3n) is 1.54. The van der Waals surface area contributed by atoms with E-state index in [2.05, 4.69) is 9.97 Å². The van der Waals surface area contributed by atoms with Crippen molar-refractivity contribution < 1.29 is 0 Å². The van der Waals surface area contributed by atoms with Gasteiger partial charge in [0.1, 0.15) is 0 Å². The van der Waals surface area contributed by atoms with Crippen LogP contribution in [0.5, 0.6) is 0 Å². The Kier molecular flexibility index (Phi) is 3.70. The fraction of sp³-hybridized carbons (Fsp3) is 0.375. The summed E-state index contributed by atoms with van der Waals surface area (Å²) in [5, 5.41) is 7.92. The van der Waals surface area contributed by atoms with Gasteiger partial charge < -0.3 is 5.73 Å². The highest BCUT2D eigenvalue weighted by atomic mass is 32.2. The Labute approximate surface area is 81.5 Å². The number of aromatic nitrogens is 2. The molecule has 0 saturated heterocycles. The van der Waals surface area contributed by atoms with E-state index < -0.39 is 0 Å². The van der Waals surface area contributed by atoms with Crippen LogP contribution in [0.2, 0.25) is 0 Å². The summed E-state index contributed by atoms with van der Waals surface area (Å²) in [6, 6.07) is 1.78. The average molecular weight is 196 g/mol. The number of nitrogens with one attached hydrogen (secondary N) is 1. The van der Waals surface area contributed by atoms with Gasteiger partial charge in [0.25, 0.3) is 0 Å². The fourth-order valence-corrected chi connectivity index (χ4v) is 1.50. The molecule has 0 aliphatic carbocycles. The molecule has 0 radical (unpaired) electrons. The predicted molar refractivity (Wildman–Crippen MR) is 53.8 cm³/mol. The Balaban J connectivity index is 2.39. The first-order valence-electron chi connectivity index (χ1n) is 3.94. The number of hydrogen-bond donors (Lipinski definition) is 2. The fourth-order valence-electron chi connectivity index (χ4n) is 0.649. The minimum absolute atomic E-state index is 0.0776. The molecular weight excluding hydrogens is 184 g/mol. The molecule has 1 unspecified atom stereocenters. The van der Waals surface area contributed by atoms with Gasteiger partial charge in [-0.25, -0.2) is 9.97 Å². The Morgan fingerprint density at radius 3 is 2.77 bits per heavy atom. The highest BCUT2D eigenvalue weighted by Crippen LogP contribution is 2.14. The maximum Gasteiger partial charge on any atom is 0.187 e. The molecule has 0 aromatic carbocycles. The SMILES string of the molecule is CC(CSc1ncccn1)C(=N)N. The first kappa shape index (κ1) is 9.98. The first-order chi connectivity index (χ1) is 6.20. The molecule has 4 nitrogen and oxygen atoms in total. The van der Waals surface area contributed by atoms with Crippen molar-refractivity contribution in [3.63, 3.8) is 0 Å². The van der Waals surface area contributed by atoms with E-state index in [9.17, 15) is 0 Å². The predicted octanol–water partition coefficient (Wildman–Crippen LogP) is 1.14.